The molecule has 0 bridgehead atoms. The lowest BCUT2D eigenvalue weighted by molar-refractivity contribution is -0.125. The zero-order valence-corrected chi connectivity index (χ0v) is 19.2. The Morgan fingerprint density at radius 1 is 1.16 bits per heavy atom. The fourth-order valence-corrected chi connectivity index (χ4v) is 3.91. The van der Waals surface area contributed by atoms with Crippen LogP contribution in [0.5, 0.6) is 11.5 Å². The Morgan fingerprint density at radius 2 is 1.91 bits per heavy atom. The highest BCUT2D eigenvalue weighted by Gasteiger charge is 2.15. The van der Waals surface area contributed by atoms with Crippen molar-refractivity contribution >= 4 is 23.6 Å². The van der Waals surface area contributed by atoms with Gasteiger partial charge in [0.15, 0.2) is 11.5 Å². The molecule has 0 saturated carbocycles. The van der Waals surface area contributed by atoms with Gasteiger partial charge in [0.1, 0.15) is 13.2 Å². The summed E-state index contributed by atoms with van der Waals surface area (Å²) in [6.45, 7) is 6.10. The quantitative estimate of drug-likeness (QED) is 0.512. The monoisotopic (exact) mass is 451 g/mol. The van der Waals surface area contributed by atoms with Gasteiger partial charge in [-0.05, 0) is 49.2 Å². The molecule has 0 aliphatic carbocycles. The Labute approximate surface area is 193 Å². The van der Waals surface area contributed by atoms with E-state index in [1.807, 2.05) is 67.1 Å². The van der Waals surface area contributed by atoms with Crippen LogP contribution in [-0.2, 0) is 17.9 Å². The zero-order chi connectivity index (χ0) is 22.7. The van der Waals surface area contributed by atoms with Crippen LogP contribution < -0.4 is 9.47 Å². The van der Waals surface area contributed by atoms with Crippen molar-refractivity contribution in [3.8, 4) is 11.5 Å². The molecule has 1 aliphatic heterocycles. The topological polar surface area (TPSA) is 56.6 Å². The summed E-state index contributed by atoms with van der Waals surface area (Å²) in [5, 5.41) is 5.35. The maximum atomic E-state index is 12.7. The Bertz CT molecular complexity index is 1170. The summed E-state index contributed by atoms with van der Waals surface area (Å²) < 4.78 is 13.1. The van der Waals surface area contributed by atoms with Crippen molar-refractivity contribution < 1.29 is 14.3 Å². The van der Waals surface area contributed by atoms with E-state index >= 15 is 0 Å². The minimum absolute atomic E-state index is 0.0856. The number of rotatable bonds is 6. The SMILES string of the molecule is Cc1nn(Cc2ccccc2Cl)c(C)c1/C=C/C(=O)N(C)Cc1ccc2c(c1)OCCO2. The van der Waals surface area contributed by atoms with E-state index in [4.69, 9.17) is 21.1 Å². The molecule has 1 amide bonds. The molecular formula is C25H26ClN3O3. The maximum absolute atomic E-state index is 12.7. The number of hydrogen-bond acceptors (Lipinski definition) is 4. The number of benzene rings is 2. The molecule has 0 unspecified atom stereocenters. The molecule has 166 valence electrons. The molecule has 3 aromatic rings. The van der Waals surface area contributed by atoms with Crippen molar-refractivity contribution in [2.75, 3.05) is 20.3 Å². The van der Waals surface area contributed by atoms with Crippen LogP contribution in [0.1, 0.15) is 28.1 Å². The number of carbonyl (C=O) groups excluding carboxylic acids is 1. The predicted octanol–water partition coefficient (Wildman–Crippen LogP) is 4.64. The van der Waals surface area contributed by atoms with Gasteiger partial charge in [0, 0.05) is 35.9 Å². The Balaban J connectivity index is 1.44. The average molecular weight is 452 g/mol. The molecule has 0 fully saturated rings. The van der Waals surface area contributed by atoms with E-state index in [9.17, 15) is 4.79 Å². The van der Waals surface area contributed by atoms with Crippen molar-refractivity contribution in [2.24, 2.45) is 0 Å². The van der Waals surface area contributed by atoms with Gasteiger partial charge < -0.3 is 14.4 Å². The highest BCUT2D eigenvalue weighted by molar-refractivity contribution is 6.31. The van der Waals surface area contributed by atoms with E-state index in [1.165, 1.54) is 0 Å². The number of carbonyl (C=O) groups is 1. The number of likely N-dealkylation sites (N-methyl/N-ethyl adjacent to an activating group) is 1. The summed E-state index contributed by atoms with van der Waals surface area (Å²) in [7, 11) is 1.78. The van der Waals surface area contributed by atoms with Gasteiger partial charge in [0.25, 0.3) is 0 Å². The summed E-state index contributed by atoms with van der Waals surface area (Å²) in [6.07, 6.45) is 3.43. The number of nitrogens with zero attached hydrogens (tertiary/aromatic N) is 3. The van der Waals surface area contributed by atoms with Gasteiger partial charge in [0.05, 0.1) is 12.2 Å². The second-order valence-corrected chi connectivity index (χ2v) is 8.25. The minimum Gasteiger partial charge on any atom is -0.486 e. The number of aryl methyl sites for hydroxylation is 1. The molecule has 0 saturated heterocycles. The van der Waals surface area contributed by atoms with Crippen molar-refractivity contribution in [1.29, 1.82) is 0 Å². The fourth-order valence-electron chi connectivity index (χ4n) is 3.71. The smallest absolute Gasteiger partial charge is 0.246 e. The molecule has 0 atom stereocenters. The van der Waals surface area contributed by atoms with Crippen LogP contribution in [0.25, 0.3) is 6.08 Å². The summed E-state index contributed by atoms with van der Waals surface area (Å²) in [5.74, 6) is 1.38. The van der Waals surface area contributed by atoms with Crippen molar-refractivity contribution in [3.63, 3.8) is 0 Å². The summed E-state index contributed by atoms with van der Waals surface area (Å²) >= 11 is 6.30. The van der Waals surface area contributed by atoms with Crippen LogP contribution in [0.2, 0.25) is 5.02 Å². The van der Waals surface area contributed by atoms with Gasteiger partial charge in [-0.1, -0.05) is 35.9 Å². The lowest BCUT2D eigenvalue weighted by Crippen LogP contribution is -2.24. The number of ether oxygens (including phenoxy) is 2. The Kier molecular flexibility index (Phi) is 6.51. The molecule has 1 aliphatic rings. The standard InChI is InChI=1S/C25H26ClN3O3/c1-17-21(18(2)29(27-17)16-20-6-4-5-7-22(20)26)9-11-25(30)28(3)15-19-8-10-23-24(14-19)32-13-12-31-23/h4-11,14H,12-13,15-16H2,1-3H3/b11-9+. The molecule has 2 aromatic carbocycles. The minimum atomic E-state index is -0.0856. The molecule has 7 heteroatoms. The van der Waals surface area contributed by atoms with Gasteiger partial charge in [0.2, 0.25) is 5.91 Å². The first-order chi connectivity index (χ1) is 15.4. The normalized spacial score (nSPS) is 12.9. The van der Waals surface area contributed by atoms with E-state index in [1.54, 1.807) is 18.0 Å². The van der Waals surface area contributed by atoms with E-state index in [-0.39, 0.29) is 5.91 Å². The maximum Gasteiger partial charge on any atom is 0.246 e. The van der Waals surface area contributed by atoms with Crippen molar-refractivity contribution in [2.45, 2.75) is 26.9 Å². The first kappa shape index (κ1) is 22.0. The second-order valence-electron chi connectivity index (χ2n) is 7.84. The van der Waals surface area contributed by atoms with Crippen molar-refractivity contribution in [3.05, 3.63) is 81.6 Å². The lowest BCUT2D eigenvalue weighted by Gasteiger charge is -2.20. The van der Waals surface area contributed by atoms with Crippen LogP contribution in [-0.4, -0.2) is 40.8 Å². The molecule has 0 N–H and O–H groups in total. The molecule has 1 aromatic heterocycles. The first-order valence-corrected chi connectivity index (χ1v) is 10.9. The predicted molar refractivity (Wildman–Crippen MR) is 125 cm³/mol. The Hall–Kier alpha value is -3.25. The van der Waals surface area contributed by atoms with E-state index in [0.717, 1.165) is 39.6 Å². The third kappa shape index (κ3) is 4.81. The second kappa shape index (κ2) is 9.49. The van der Waals surface area contributed by atoms with Gasteiger partial charge in [-0.3, -0.25) is 9.48 Å². The third-order valence-corrected chi connectivity index (χ3v) is 5.88. The first-order valence-electron chi connectivity index (χ1n) is 10.5. The molecule has 0 spiro atoms. The van der Waals surface area contributed by atoms with E-state index < -0.39 is 0 Å². The van der Waals surface area contributed by atoms with Crippen LogP contribution in [0.15, 0.2) is 48.5 Å². The van der Waals surface area contributed by atoms with Crippen LogP contribution in [0, 0.1) is 13.8 Å². The van der Waals surface area contributed by atoms with Crippen molar-refractivity contribution in [1.82, 2.24) is 14.7 Å². The Morgan fingerprint density at radius 3 is 2.69 bits per heavy atom. The number of hydrogen-bond donors (Lipinski definition) is 0. The van der Waals surface area contributed by atoms with E-state index in [0.29, 0.717) is 31.3 Å². The average Bonchev–Trinajstić information content (AvgIpc) is 3.05. The molecule has 32 heavy (non-hydrogen) atoms. The highest BCUT2D eigenvalue weighted by atomic mass is 35.5. The molecule has 2 heterocycles. The summed E-state index contributed by atoms with van der Waals surface area (Å²) in [4.78, 5) is 14.4. The number of aromatic nitrogens is 2. The molecular weight excluding hydrogens is 426 g/mol. The molecule has 6 nitrogen and oxygen atoms in total. The zero-order valence-electron chi connectivity index (χ0n) is 18.5. The van der Waals surface area contributed by atoms with Gasteiger partial charge >= 0.3 is 0 Å². The third-order valence-electron chi connectivity index (χ3n) is 5.51. The number of fused-ring (bicyclic) bond motifs is 1. The highest BCUT2D eigenvalue weighted by Crippen LogP contribution is 2.31. The molecule has 0 radical (unpaired) electrons. The van der Waals surface area contributed by atoms with Crippen LogP contribution in [0.3, 0.4) is 0 Å². The fraction of sp³-hybridized carbons (Fsp3) is 0.280. The number of halogens is 1. The van der Waals surface area contributed by atoms with Crippen LogP contribution in [0.4, 0.5) is 0 Å². The molecule has 4 rings (SSSR count). The van der Waals surface area contributed by atoms with Crippen LogP contribution >= 0.6 is 11.6 Å². The van der Waals surface area contributed by atoms with Gasteiger partial charge in [-0.15, -0.1) is 0 Å². The van der Waals surface area contributed by atoms with Gasteiger partial charge in [-0.2, -0.15) is 5.10 Å². The summed E-state index contributed by atoms with van der Waals surface area (Å²) in [6, 6.07) is 13.5. The van der Waals surface area contributed by atoms with Gasteiger partial charge in [-0.25, -0.2) is 0 Å². The number of amides is 1. The largest absolute Gasteiger partial charge is 0.486 e. The van der Waals surface area contributed by atoms with E-state index in [2.05, 4.69) is 5.10 Å². The lowest BCUT2D eigenvalue weighted by atomic mass is 10.1. The summed E-state index contributed by atoms with van der Waals surface area (Å²) in [5.41, 5.74) is 4.79.